The van der Waals surface area contributed by atoms with Crippen LogP contribution in [0.1, 0.15) is 20.8 Å². The maximum atomic E-state index is 12.5. The standard InChI is InChI=1S/C11H18F3N5O/c1-5-19(6-2)9-16-8(15-4)17-10(18-9)20-7(3)11(12,13)14/h7H,5-6H2,1-4H3,(H,15,16,17,18). The van der Waals surface area contributed by atoms with Crippen molar-refractivity contribution in [3.05, 3.63) is 0 Å². The van der Waals surface area contributed by atoms with Crippen LogP contribution in [-0.2, 0) is 0 Å². The van der Waals surface area contributed by atoms with Gasteiger partial charge in [0.25, 0.3) is 0 Å². The van der Waals surface area contributed by atoms with Gasteiger partial charge in [-0.1, -0.05) is 0 Å². The minimum Gasteiger partial charge on any atom is -0.451 e. The van der Waals surface area contributed by atoms with E-state index >= 15 is 0 Å². The van der Waals surface area contributed by atoms with E-state index < -0.39 is 12.3 Å². The molecule has 6 nitrogen and oxygen atoms in total. The number of rotatable bonds is 6. The second-order valence-electron chi connectivity index (χ2n) is 3.97. The number of hydrogen-bond acceptors (Lipinski definition) is 6. The molecular weight excluding hydrogens is 275 g/mol. The highest BCUT2D eigenvalue weighted by Crippen LogP contribution is 2.24. The Morgan fingerprint density at radius 3 is 2.25 bits per heavy atom. The van der Waals surface area contributed by atoms with Crippen molar-refractivity contribution in [2.24, 2.45) is 0 Å². The van der Waals surface area contributed by atoms with Gasteiger partial charge in [-0.15, -0.1) is 0 Å². The van der Waals surface area contributed by atoms with Crippen LogP contribution in [0.25, 0.3) is 0 Å². The molecule has 1 atom stereocenters. The first-order valence-corrected chi connectivity index (χ1v) is 6.23. The van der Waals surface area contributed by atoms with Crippen LogP contribution in [0, 0.1) is 0 Å². The molecule has 0 fully saturated rings. The molecule has 0 radical (unpaired) electrons. The van der Waals surface area contributed by atoms with Crippen molar-refractivity contribution >= 4 is 11.9 Å². The van der Waals surface area contributed by atoms with Gasteiger partial charge in [-0.2, -0.15) is 28.1 Å². The summed E-state index contributed by atoms with van der Waals surface area (Å²) in [4.78, 5) is 13.6. The van der Waals surface area contributed by atoms with Gasteiger partial charge in [0.2, 0.25) is 11.9 Å². The lowest BCUT2D eigenvalue weighted by atomic mass is 10.4. The van der Waals surface area contributed by atoms with Gasteiger partial charge in [-0.05, 0) is 20.8 Å². The Labute approximate surface area is 115 Å². The molecule has 114 valence electrons. The van der Waals surface area contributed by atoms with Crippen molar-refractivity contribution in [2.45, 2.75) is 33.1 Å². The average molecular weight is 293 g/mol. The molecule has 1 unspecified atom stereocenters. The summed E-state index contributed by atoms with van der Waals surface area (Å²) in [6.07, 6.45) is -6.46. The Morgan fingerprint density at radius 2 is 1.80 bits per heavy atom. The summed E-state index contributed by atoms with van der Waals surface area (Å²) in [5, 5.41) is 2.67. The fourth-order valence-electron chi connectivity index (χ4n) is 1.38. The average Bonchev–Trinajstić information content (AvgIpc) is 2.38. The SMILES string of the molecule is CCN(CC)c1nc(NC)nc(OC(C)C(F)(F)F)n1. The van der Waals surface area contributed by atoms with E-state index in [0.29, 0.717) is 13.1 Å². The lowest BCUT2D eigenvalue weighted by molar-refractivity contribution is -0.190. The molecule has 0 aliphatic heterocycles. The van der Waals surface area contributed by atoms with Crippen LogP contribution in [0.4, 0.5) is 25.1 Å². The Kier molecular flexibility index (Phi) is 5.34. The molecule has 1 aromatic heterocycles. The molecule has 0 bridgehead atoms. The third-order valence-corrected chi connectivity index (χ3v) is 2.62. The summed E-state index contributed by atoms with van der Waals surface area (Å²) in [6, 6.07) is -0.351. The van der Waals surface area contributed by atoms with Crippen LogP contribution in [0.15, 0.2) is 0 Å². The Balaban J connectivity index is 3.04. The number of nitrogens with zero attached hydrogens (tertiary/aromatic N) is 4. The molecule has 0 aliphatic carbocycles. The molecule has 1 aromatic rings. The number of hydrogen-bond donors (Lipinski definition) is 1. The predicted octanol–water partition coefficient (Wildman–Crippen LogP) is 2.09. The molecule has 20 heavy (non-hydrogen) atoms. The monoisotopic (exact) mass is 293 g/mol. The minimum atomic E-state index is -4.47. The molecule has 0 amide bonds. The summed E-state index contributed by atoms with van der Waals surface area (Å²) in [5.41, 5.74) is 0. The lowest BCUT2D eigenvalue weighted by Gasteiger charge is -2.21. The third-order valence-electron chi connectivity index (χ3n) is 2.62. The predicted molar refractivity (Wildman–Crippen MR) is 69.1 cm³/mol. The zero-order chi connectivity index (χ0) is 15.3. The van der Waals surface area contributed by atoms with Crippen LogP contribution in [0.5, 0.6) is 6.01 Å². The molecule has 1 heterocycles. The Morgan fingerprint density at radius 1 is 1.20 bits per heavy atom. The lowest BCUT2D eigenvalue weighted by Crippen LogP contribution is -2.32. The Bertz CT molecular complexity index is 437. The first-order valence-electron chi connectivity index (χ1n) is 6.23. The highest BCUT2D eigenvalue weighted by molar-refractivity contribution is 5.37. The van der Waals surface area contributed by atoms with Gasteiger partial charge < -0.3 is 15.0 Å². The number of halogens is 3. The van der Waals surface area contributed by atoms with Gasteiger partial charge in [-0.25, -0.2) is 0 Å². The summed E-state index contributed by atoms with van der Waals surface area (Å²) in [6.45, 7) is 5.94. The molecule has 9 heteroatoms. The number of alkyl halides is 3. The molecule has 0 aliphatic rings. The van der Waals surface area contributed by atoms with E-state index in [4.69, 9.17) is 4.74 Å². The second-order valence-corrected chi connectivity index (χ2v) is 3.97. The van der Waals surface area contributed by atoms with E-state index in [1.807, 2.05) is 13.8 Å². The Hall–Kier alpha value is -1.80. The largest absolute Gasteiger partial charge is 0.451 e. The van der Waals surface area contributed by atoms with E-state index in [9.17, 15) is 13.2 Å². The molecule has 0 aromatic carbocycles. The number of anilines is 2. The van der Waals surface area contributed by atoms with Crippen molar-refractivity contribution in [3.63, 3.8) is 0 Å². The minimum absolute atomic E-state index is 0.159. The first-order chi connectivity index (χ1) is 9.31. The third kappa shape index (κ3) is 4.10. The molecule has 0 saturated carbocycles. The fourth-order valence-corrected chi connectivity index (χ4v) is 1.38. The van der Waals surface area contributed by atoms with Gasteiger partial charge in [0.15, 0.2) is 6.10 Å². The smallest absolute Gasteiger partial charge is 0.425 e. The molecular formula is C11H18F3N5O. The van der Waals surface area contributed by atoms with Crippen molar-refractivity contribution in [1.82, 2.24) is 15.0 Å². The van der Waals surface area contributed by atoms with Gasteiger partial charge >= 0.3 is 12.2 Å². The first kappa shape index (κ1) is 16.3. The summed E-state index contributed by atoms with van der Waals surface area (Å²) < 4.78 is 42.2. The van der Waals surface area contributed by atoms with Gasteiger partial charge in [-0.3, -0.25) is 0 Å². The maximum absolute atomic E-state index is 12.5. The van der Waals surface area contributed by atoms with Crippen molar-refractivity contribution in [1.29, 1.82) is 0 Å². The zero-order valence-electron chi connectivity index (χ0n) is 11.8. The number of aromatic nitrogens is 3. The second kappa shape index (κ2) is 6.58. The topological polar surface area (TPSA) is 63.2 Å². The zero-order valence-corrected chi connectivity index (χ0v) is 11.8. The van der Waals surface area contributed by atoms with Crippen LogP contribution in [0.2, 0.25) is 0 Å². The summed E-state index contributed by atoms with van der Waals surface area (Å²) >= 11 is 0. The number of nitrogens with one attached hydrogen (secondary N) is 1. The quantitative estimate of drug-likeness (QED) is 0.866. The molecule has 0 spiro atoms. The highest BCUT2D eigenvalue weighted by atomic mass is 19.4. The fraction of sp³-hybridized carbons (Fsp3) is 0.727. The van der Waals surface area contributed by atoms with Crippen LogP contribution >= 0.6 is 0 Å². The summed E-state index contributed by atoms with van der Waals surface area (Å²) in [5.74, 6) is 0.435. The van der Waals surface area contributed by atoms with Gasteiger partial charge in [0, 0.05) is 20.1 Å². The molecule has 0 saturated heterocycles. The van der Waals surface area contributed by atoms with E-state index in [0.717, 1.165) is 6.92 Å². The molecule has 1 N–H and O–H groups in total. The van der Waals surface area contributed by atoms with E-state index in [2.05, 4.69) is 20.3 Å². The van der Waals surface area contributed by atoms with Gasteiger partial charge in [0.1, 0.15) is 0 Å². The van der Waals surface area contributed by atoms with E-state index in [1.165, 1.54) is 0 Å². The van der Waals surface area contributed by atoms with Crippen molar-refractivity contribution in [3.8, 4) is 6.01 Å². The van der Waals surface area contributed by atoms with Crippen molar-refractivity contribution in [2.75, 3.05) is 30.4 Å². The van der Waals surface area contributed by atoms with Crippen LogP contribution in [0.3, 0.4) is 0 Å². The summed E-state index contributed by atoms with van der Waals surface area (Å²) in [7, 11) is 1.57. The van der Waals surface area contributed by atoms with Crippen LogP contribution < -0.4 is 15.0 Å². The maximum Gasteiger partial charge on any atom is 0.425 e. The van der Waals surface area contributed by atoms with Crippen LogP contribution in [-0.4, -0.2) is 47.4 Å². The number of ether oxygens (including phenoxy) is 1. The van der Waals surface area contributed by atoms with E-state index in [-0.39, 0.29) is 17.9 Å². The van der Waals surface area contributed by atoms with Gasteiger partial charge in [0.05, 0.1) is 0 Å². The normalized spacial score (nSPS) is 12.9. The van der Waals surface area contributed by atoms with Crippen molar-refractivity contribution < 1.29 is 17.9 Å². The van der Waals surface area contributed by atoms with E-state index in [1.54, 1.807) is 11.9 Å². The highest BCUT2D eigenvalue weighted by Gasteiger charge is 2.38. The molecule has 1 rings (SSSR count).